The van der Waals surface area contributed by atoms with Gasteiger partial charge in [0, 0.05) is 28.8 Å². The van der Waals surface area contributed by atoms with Gasteiger partial charge in [0.05, 0.1) is 19.0 Å². The van der Waals surface area contributed by atoms with E-state index in [2.05, 4.69) is 49.0 Å². The fourth-order valence-electron chi connectivity index (χ4n) is 3.57. The van der Waals surface area contributed by atoms with Gasteiger partial charge in [-0.3, -0.25) is 0 Å². The van der Waals surface area contributed by atoms with Gasteiger partial charge in [0.1, 0.15) is 5.75 Å². The molecule has 3 aliphatic rings. The summed E-state index contributed by atoms with van der Waals surface area (Å²) in [7, 11) is 0. The zero-order valence-electron chi connectivity index (χ0n) is 11.0. The lowest BCUT2D eigenvalue weighted by Gasteiger charge is -2.46. The van der Waals surface area contributed by atoms with E-state index in [0.717, 1.165) is 24.7 Å². The molecule has 100 valence electrons. The monoisotopic (exact) mass is 274 g/mol. The molecule has 0 spiro atoms. The second-order valence-electron chi connectivity index (χ2n) is 5.67. The van der Waals surface area contributed by atoms with E-state index in [4.69, 9.17) is 9.47 Å². The molecule has 2 nitrogen and oxygen atoms in total. The molecule has 1 aromatic rings. The van der Waals surface area contributed by atoms with Crippen molar-refractivity contribution in [1.82, 2.24) is 0 Å². The zero-order chi connectivity index (χ0) is 12.8. The van der Waals surface area contributed by atoms with E-state index in [1.807, 2.05) is 0 Å². The van der Waals surface area contributed by atoms with Crippen LogP contribution in [-0.2, 0) is 4.74 Å². The first kappa shape index (κ1) is 11.7. The predicted molar refractivity (Wildman–Crippen MR) is 77.6 cm³/mol. The van der Waals surface area contributed by atoms with E-state index < -0.39 is 0 Å². The van der Waals surface area contributed by atoms with E-state index in [1.165, 1.54) is 11.3 Å². The maximum atomic E-state index is 5.98. The normalized spacial score (nSPS) is 35.9. The van der Waals surface area contributed by atoms with Crippen molar-refractivity contribution in [3.8, 4) is 5.75 Å². The van der Waals surface area contributed by atoms with Crippen molar-refractivity contribution < 1.29 is 9.47 Å². The molecule has 3 heterocycles. The molecule has 1 fully saturated rings. The molecule has 1 saturated heterocycles. The summed E-state index contributed by atoms with van der Waals surface area (Å²) in [4.78, 5) is 0. The molecule has 0 amide bonds. The number of benzene rings is 1. The van der Waals surface area contributed by atoms with Crippen molar-refractivity contribution in [3.05, 3.63) is 41.7 Å². The van der Waals surface area contributed by atoms with Crippen LogP contribution in [0.4, 0.5) is 0 Å². The van der Waals surface area contributed by atoms with E-state index in [0.29, 0.717) is 23.0 Å². The minimum atomic E-state index is 0.598. The van der Waals surface area contributed by atoms with Crippen LogP contribution >= 0.6 is 11.8 Å². The smallest absolute Gasteiger partial charge is 0.122 e. The molecule has 3 heteroatoms. The predicted octanol–water partition coefficient (Wildman–Crippen LogP) is 3.44. The Kier molecular flexibility index (Phi) is 2.76. The minimum Gasteiger partial charge on any atom is -0.498 e. The molecule has 0 aliphatic carbocycles. The quantitative estimate of drug-likeness (QED) is 0.722. The summed E-state index contributed by atoms with van der Waals surface area (Å²) >= 11 is 2.09. The summed E-state index contributed by atoms with van der Waals surface area (Å²) in [5.41, 5.74) is 1.40. The van der Waals surface area contributed by atoms with Gasteiger partial charge >= 0.3 is 0 Å². The van der Waals surface area contributed by atoms with Crippen LogP contribution in [0.1, 0.15) is 18.4 Å². The Morgan fingerprint density at radius 3 is 2.89 bits per heavy atom. The van der Waals surface area contributed by atoms with Gasteiger partial charge < -0.3 is 9.47 Å². The summed E-state index contributed by atoms with van der Waals surface area (Å²) in [6, 6.07) is 8.53. The van der Waals surface area contributed by atoms with Gasteiger partial charge in [-0.2, -0.15) is 11.8 Å². The summed E-state index contributed by atoms with van der Waals surface area (Å²) in [5.74, 6) is 5.21. The Hall–Kier alpha value is -1.09. The Morgan fingerprint density at radius 2 is 1.95 bits per heavy atom. The van der Waals surface area contributed by atoms with Crippen LogP contribution in [0, 0.1) is 11.8 Å². The Morgan fingerprint density at radius 1 is 1.11 bits per heavy atom. The number of rotatable bonds is 0. The largest absolute Gasteiger partial charge is 0.498 e. The topological polar surface area (TPSA) is 18.5 Å². The molecule has 0 N–H and O–H groups in total. The highest BCUT2D eigenvalue weighted by atomic mass is 32.2. The van der Waals surface area contributed by atoms with Crippen molar-refractivity contribution >= 4 is 11.8 Å². The van der Waals surface area contributed by atoms with Gasteiger partial charge in [0.2, 0.25) is 0 Å². The molecular formula is C16H18O2S. The third-order valence-corrected chi connectivity index (χ3v) is 6.03. The molecular weight excluding hydrogens is 256 g/mol. The van der Waals surface area contributed by atoms with Crippen molar-refractivity contribution in [2.75, 3.05) is 19.0 Å². The molecule has 0 aromatic heterocycles. The van der Waals surface area contributed by atoms with Gasteiger partial charge in [-0.05, 0) is 24.6 Å². The average molecular weight is 274 g/mol. The van der Waals surface area contributed by atoms with Crippen LogP contribution in [0.25, 0.3) is 0 Å². The van der Waals surface area contributed by atoms with Crippen LogP contribution in [0.5, 0.6) is 5.75 Å². The average Bonchev–Trinajstić information content (AvgIpc) is 2.46. The number of allylic oxidation sites excluding steroid dienone is 1. The lowest BCUT2D eigenvalue weighted by atomic mass is 9.75. The summed E-state index contributed by atoms with van der Waals surface area (Å²) in [5, 5.41) is 0.615. The molecule has 1 aromatic carbocycles. The standard InChI is InChI=1S/C16H18O2S/c1-10-6-16-13(8-17-10)12-7-18-15-5-3-2-4-11(15)14(12)9-19-16/h2-6,12-14,16H,7-9H2,1H3. The second-order valence-corrected chi connectivity index (χ2v) is 6.88. The summed E-state index contributed by atoms with van der Waals surface area (Å²) in [6.45, 7) is 3.77. The molecule has 4 rings (SSSR count). The van der Waals surface area contributed by atoms with Crippen LogP contribution in [-0.4, -0.2) is 24.2 Å². The second kappa shape index (κ2) is 4.48. The van der Waals surface area contributed by atoms with Gasteiger partial charge in [-0.25, -0.2) is 0 Å². The number of thioether (sulfide) groups is 1. The fraction of sp³-hybridized carbons (Fsp3) is 0.500. The van der Waals surface area contributed by atoms with Gasteiger partial charge in [-0.15, -0.1) is 0 Å². The fourth-order valence-corrected chi connectivity index (χ4v) is 5.24. The summed E-state index contributed by atoms with van der Waals surface area (Å²) < 4.78 is 11.8. The van der Waals surface area contributed by atoms with Crippen molar-refractivity contribution in [2.45, 2.75) is 18.1 Å². The highest BCUT2D eigenvalue weighted by Crippen LogP contribution is 2.50. The van der Waals surface area contributed by atoms with Crippen molar-refractivity contribution in [1.29, 1.82) is 0 Å². The number of para-hydroxylation sites is 1. The molecule has 3 aliphatic heterocycles. The van der Waals surface area contributed by atoms with Crippen LogP contribution in [0.15, 0.2) is 36.1 Å². The number of fused-ring (bicyclic) bond motifs is 5. The van der Waals surface area contributed by atoms with Gasteiger partial charge in [0.15, 0.2) is 0 Å². The van der Waals surface area contributed by atoms with Crippen molar-refractivity contribution in [3.63, 3.8) is 0 Å². The van der Waals surface area contributed by atoms with Crippen molar-refractivity contribution in [2.24, 2.45) is 11.8 Å². The van der Waals surface area contributed by atoms with E-state index in [1.54, 1.807) is 0 Å². The molecule has 19 heavy (non-hydrogen) atoms. The van der Waals surface area contributed by atoms with E-state index in [-0.39, 0.29) is 0 Å². The Labute approximate surface area is 118 Å². The highest BCUT2D eigenvalue weighted by molar-refractivity contribution is 8.00. The number of hydrogen-bond acceptors (Lipinski definition) is 3. The maximum Gasteiger partial charge on any atom is 0.122 e. The first-order chi connectivity index (χ1) is 9.33. The molecule has 0 bridgehead atoms. The van der Waals surface area contributed by atoms with Gasteiger partial charge in [-0.1, -0.05) is 18.2 Å². The Bertz CT molecular complexity index is 525. The van der Waals surface area contributed by atoms with Crippen LogP contribution in [0.3, 0.4) is 0 Å². The number of hydrogen-bond donors (Lipinski definition) is 0. The molecule has 4 unspecified atom stereocenters. The lowest BCUT2D eigenvalue weighted by Crippen LogP contribution is -2.44. The van der Waals surface area contributed by atoms with Crippen LogP contribution < -0.4 is 4.74 Å². The highest BCUT2D eigenvalue weighted by Gasteiger charge is 2.44. The SMILES string of the molecule is CC1=CC2SCC3c4ccccc4OCC3C2CO1. The molecule has 0 saturated carbocycles. The summed E-state index contributed by atoms with van der Waals surface area (Å²) in [6.07, 6.45) is 2.30. The first-order valence-electron chi connectivity index (χ1n) is 6.97. The minimum absolute atomic E-state index is 0.598. The van der Waals surface area contributed by atoms with E-state index >= 15 is 0 Å². The molecule has 4 atom stereocenters. The lowest BCUT2D eigenvalue weighted by molar-refractivity contribution is 0.0693. The van der Waals surface area contributed by atoms with Crippen LogP contribution in [0.2, 0.25) is 0 Å². The maximum absolute atomic E-state index is 5.98. The zero-order valence-corrected chi connectivity index (χ0v) is 11.9. The molecule has 0 radical (unpaired) electrons. The first-order valence-corrected chi connectivity index (χ1v) is 8.02. The third-order valence-electron chi connectivity index (χ3n) is 4.61. The van der Waals surface area contributed by atoms with E-state index in [9.17, 15) is 0 Å². The number of ether oxygens (including phenoxy) is 2. The van der Waals surface area contributed by atoms with Gasteiger partial charge in [0.25, 0.3) is 0 Å². The third kappa shape index (κ3) is 1.86. The Balaban J connectivity index is 1.68.